The Morgan fingerprint density at radius 1 is 0.812 bits per heavy atom. The molecule has 0 N–H and O–H groups in total. The van der Waals surface area contributed by atoms with Gasteiger partial charge in [0.15, 0.2) is 5.82 Å². The highest BCUT2D eigenvalue weighted by Crippen LogP contribution is 2.28. The minimum absolute atomic E-state index is 0.103. The Morgan fingerprint density at radius 2 is 1.53 bits per heavy atom. The van der Waals surface area contributed by atoms with Crippen molar-refractivity contribution in [3.8, 4) is 33.9 Å². The molecule has 162 valence electrons. The van der Waals surface area contributed by atoms with Gasteiger partial charge in [0.2, 0.25) is 0 Å². The first-order chi connectivity index (χ1) is 15.5. The second-order valence-electron chi connectivity index (χ2n) is 8.57. The van der Waals surface area contributed by atoms with Crippen LogP contribution >= 0.6 is 0 Å². The first kappa shape index (κ1) is 20.2. The molecule has 2 aromatic carbocycles. The van der Waals surface area contributed by atoms with Crippen LogP contribution in [0.15, 0.2) is 60.9 Å². The molecule has 1 saturated heterocycles. The summed E-state index contributed by atoms with van der Waals surface area (Å²) in [5.74, 6) is 0.737. The third kappa shape index (κ3) is 3.84. The van der Waals surface area contributed by atoms with Crippen LogP contribution in [0.2, 0.25) is 0 Å². The van der Waals surface area contributed by atoms with Crippen molar-refractivity contribution in [2.45, 2.75) is 20.4 Å². The van der Waals surface area contributed by atoms with Gasteiger partial charge >= 0.3 is 6.03 Å². The molecule has 1 fully saturated rings. The zero-order valence-electron chi connectivity index (χ0n) is 18.7. The maximum atomic E-state index is 12.1. The van der Waals surface area contributed by atoms with Crippen molar-refractivity contribution >= 4 is 6.03 Å². The Labute approximate surface area is 188 Å². The molecule has 6 heteroatoms. The van der Waals surface area contributed by atoms with Gasteiger partial charge in [-0.1, -0.05) is 42.5 Å². The van der Waals surface area contributed by atoms with E-state index in [2.05, 4.69) is 60.9 Å². The van der Waals surface area contributed by atoms with E-state index in [-0.39, 0.29) is 6.03 Å². The van der Waals surface area contributed by atoms with E-state index in [9.17, 15) is 4.79 Å². The standard InChI is InChI=1S/C26H27N5O/c1-18-4-5-22(16-19(18)2)20-6-8-21(9-7-20)25-27-23-10-11-30(17-24(23)28-25)13-15-31-14-12-29(3)26(31)32/h4-11,16-17H,12-15H2,1-3H3. The van der Waals surface area contributed by atoms with Gasteiger partial charge in [-0.2, -0.15) is 0 Å². The van der Waals surface area contributed by atoms with Crippen molar-refractivity contribution in [2.24, 2.45) is 0 Å². The number of likely N-dealkylation sites (N-methyl/N-ethyl adjacent to an activating group) is 1. The van der Waals surface area contributed by atoms with E-state index in [0.29, 0.717) is 6.54 Å². The molecule has 2 amide bonds. The molecule has 0 aliphatic carbocycles. The fourth-order valence-corrected chi connectivity index (χ4v) is 4.10. The van der Waals surface area contributed by atoms with E-state index in [1.165, 1.54) is 22.3 Å². The number of urea groups is 1. The van der Waals surface area contributed by atoms with Gasteiger partial charge < -0.3 is 14.4 Å². The van der Waals surface area contributed by atoms with E-state index in [1.807, 2.05) is 30.4 Å². The third-order valence-corrected chi connectivity index (χ3v) is 6.34. The average Bonchev–Trinajstić information content (AvgIpc) is 3.37. The lowest BCUT2D eigenvalue weighted by molar-refractivity contribution is 0.197. The number of carbonyl (C=O) groups excluding carboxylic acids is 1. The summed E-state index contributed by atoms with van der Waals surface area (Å²) in [5, 5.41) is 0. The summed E-state index contributed by atoms with van der Waals surface area (Å²) in [5.41, 5.74) is 7.76. The average molecular weight is 426 g/mol. The molecule has 0 unspecified atom stereocenters. The Kier molecular flexibility index (Phi) is 5.13. The molecular formula is C26H27N5O. The molecule has 0 bridgehead atoms. The number of hydrogen-bond acceptors (Lipinski definition) is 3. The quantitative estimate of drug-likeness (QED) is 0.466. The Hall–Kier alpha value is -3.67. The maximum Gasteiger partial charge on any atom is 0.319 e. The monoisotopic (exact) mass is 425 g/mol. The minimum atomic E-state index is 0.103. The number of aromatic nitrogens is 3. The van der Waals surface area contributed by atoms with Gasteiger partial charge in [0.25, 0.3) is 0 Å². The molecule has 0 radical (unpaired) electrons. The third-order valence-electron chi connectivity index (χ3n) is 6.34. The smallest absolute Gasteiger partial charge is 0.319 e. The summed E-state index contributed by atoms with van der Waals surface area (Å²) in [6, 6.07) is 17.1. The molecule has 3 aliphatic heterocycles. The number of nitrogens with zero attached hydrogens (tertiary/aromatic N) is 5. The van der Waals surface area contributed by atoms with Crippen LogP contribution in [0.3, 0.4) is 0 Å². The molecule has 0 spiro atoms. The number of carbonyl (C=O) groups is 1. The summed E-state index contributed by atoms with van der Waals surface area (Å²) in [6.45, 7) is 7.29. The molecule has 2 aromatic rings. The van der Waals surface area contributed by atoms with E-state index >= 15 is 0 Å². The van der Waals surface area contributed by atoms with Crippen LogP contribution in [0.4, 0.5) is 4.79 Å². The highest BCUT2D eigenvalue weighted by molar-refractivity contribution is 5.76. The first-order valence-corrected chi connectivity index (χ1v) is 11.0. The SMILES string of the molecule is Cc1ccc(-c2ccc(-c3nc4ccn(CCN5CCN(C)C5=O)cc-4n3)cc2)cc1C. The Morgan fingerprint density at radius 3 is 2.25 bits per heavy atom. The molecule has 5 rings (SSSR count). The summed E-state index contributed by atoms with van der Waals surface area (Å²) in [7, 11) is 1.84. The highest BCUT2D eigenvalue weighted by atomic mass is 16.2. The number of pyridine rings is 1. The van der Waals surface area contributed by atoms with Crippen LogP contribution in [0.25, 0.3) is 33.9 Å². The fourth-order valence-electron chi connectivity index (χ4n) is 4.10. The normalized spacial score (nSPS) is 14.0. The topological polar surface area (TPSA) is 54.3 Å². The van der Waals surface area contributed by atoms with Gasteiger partial charge in [0, 0.05) is 51.2 Å². The van der Waals surface area contributed by atoms with Crippen LogP contribution in [-0.4, -0.2) is 57.0 Å². The van der Waals surface area contributed by atoms with Crippen LogP contribution in [-0.2, 0) is 6.54 Å². The van der Waals surface area contributed by atoms with E-state index in [4.69, 9.17) is 9.97 Å². The number of benzene rings is 2. The highest BCUT2D eigenvalue weighted by Gasteiger charge is 2.24. The van der Waals surface area contributed by atoms with Crippen LogP contribution in [0, 0.1) is 13.8 Å². The zero-order chi connectivity index (χ0) is 22.2. The second kappa shape index (κ2) is 8.11. The second-order valence-corrected chi connectivity index (χ2v) is 8.57. The summed E-state index contributed by atoms with van der Waals surface area (Å²) in [6.07, 6.45) is 4.02. The number of rotatable bonds is 5. The van der Waals surface area contributed by atoms with E-state index in [1.54, 1.807) is 4.90 Å². The molecule has 6 nitrogen and oxygen atoms in total. The van der Waals surface area contributed by atoms with Crippen LogP contribution in [0.5, 0.6) is 0 Å². The lowest BCUT2D eigenvalue weighted by Gasteiger charge is -2.17. The zero-order valence-corrected chi connectivity index (χ0v) is 18.7. The van der Waals surface area contributed by atoms with Gasteiger partial charge in [0.1, 0.15) is 5.69 Å². The van der Waals surface area contributed by atoms with Crippen molar-refractivity contribution in [3.63, 3.8) is 0 Å². The van der Waals surface area contributed by atoms with Crippen molar-refractivity contribution in [2.75, 3.05) is 26.7 Å². The predicted octanol–water partition coefficient (Wildman–Crippen LogP) is 4.70. The minimum Gasteiger partial charge on any atom is -0.350 e. The van der Waals surface area contributed by atoms with Gasteiger partial charge in [-0.15, -0.1) is 0 Å². The summed E-state index contributed by atoms with van der Waals surface area (Å²) >= 11 is 0. The number of imidazole rings is 1. The van der Waals surface area contributed by atoms with Crippen molar-refractivity contribution in [3.05, 3.63) is 72.1 Å². The Bertz CT molecular complexity index is 1240. The molecule has 32 heavy (non-hydrogen) atoms. The van der Waals surface area contributed by atoms with Crippen molar-refractivity contribution < 1.29 is 4.79 Å². The molecule has 3 heterocycles. The van der Waals surface area contributed by atoms with Gasteiger partial charge in [-0.25, -0.2) is 14.8 Å². The van der Waals surface area contributed by atoms with Crippen molar-refractivity contribution in [1.82, 2.24) is 24.3 Å². The predicted molar refractivity (Wildman–Crippen MR) is 127 cm³/mol. The summed E-state index contributed by atoms with van der Waals surface area (Å²) in [4.78, 5) is 25.2. The van der Waals surface area contributed by atoms with Gasteiger partial charge in [-0.3, -0.25) is 0 Å². The fraction of sp³-hybridized carbons (Fsp3) is 0.269. The number of fused-ring (bicyclic) bond motifs is 1. The molecule has 0 atom stereocenters. The van der Waals surface area contributed by atoms with E-state index < -0.39 is 0 Å². The van der Waals surface area contributed by atoms with Gasteiger partial charge in [-0.05, 0) is 42.2 Å². The molecular weight excluding hydrogens is 398 g/mol. The summed E-state index contributed by atoms with van der Waals surface area (Å²) < 4.78 is 2.08. The molecule has 0 aromatic heterocycles. The van der Waals surface area contributed by atoms with E-state index in [0.717, 1.165) is 42.4 Å². The Balaban J connectivity index is 1.33. The first-order valence-electron chi connectivity index (χ1n) is 11.0. The number of amides is 2. The van der Waals surface area contributed by atoms with Gasteiger partial charge in [0.05, 0.1) is 5.69 Å². The lowest BCUT2D eigenvalue weighted by Crippen LogP contribution is -2.32. The molecule has 3 aliphatic rings. The lowest BCUT2D eigenvalue weighted by atomic mass is 9.99. The van der Waals surface area contributed by atoms with Crippen LogP contribution in [0.1, 0.15) is 11.1 Å². The van der Waals surface area contributed by atoms with Crippen molar-refractivity contribution in [1.29, 1.82) is 0 Å². The van der Waals surface area contributed by atoms with Crippen LogP contribution < -0.4 is 0 Å². The maximum absolute atomic E-state index is 12.1. The molecule has 0 saturated carbocycles. The largest absolute Gasteiger partial charge is 0.350 e. The number of aryl methyl sites for hydroxylation is 2. The number of hydrogen-bond donors (Lipinski definition) is 0.